The summed E-state index contributed by atoms with van der Waals surface area (Å²) >= 11 is 3.51. The van der Waals surface area contributed by atoms with Crippen molar-refractivity contribution in [2.45, 2.75) is 6.54 Å². The Bertz CT molecular complexity index is 811. The maximum atomic E-state index is 12.2. The maximum absolute atomic E-state index is 12.2. The van der Waals surface area contributed by atoms with Gasteiger partial charge in [-0.05, 0) is 29.7 Å². The fraction of sp³-hybridized carbons (Fsp3) is 0.0625. The first kappa shape index (κ1) is 13.9. The molecule has 0 radical (unpaired) electrons. The van der Waals surface area contributed by atoms with Gasteiger partial charge in [0.2, 0.25) is 0 Å². The Hall–Kier alpha value is -2.11. The van der Waals surface area contributed by atoms with Crippen LogP contribution >= 0.6 is 15.9 Å². The van der Waals surface area contributed by atoms with Gasteiger partial charge in [-0.3, -0.25) is 4.79 Å². The van der Waals surface area contributed by atoms with Crippen molar-refractivity contribution < 1.29 is 9.21 Å². The lowest BCUT2D eigenvalue weighted by Crippen LogP contribution is -2.11. The lowest BCUT2D eigenvalue weighted by Gasteiger charge is -2.09. The molecule has 0 aliphatic heterocycles. The van der Waals surface area contributed by atoms with E-state index < -0.39 is 0 Å². The number of carbonyl (C=O) groups is 1. The van der Waals surface area contributed by atoms with Crippen LogP contribution in [0.3, 0.4) is 0 Å². The number of nitrogens with two attached hydrogens (primary N) is 1. The standard InChI is InChI=1S/C16H13BrN2O2/c17-13-6-7-14(12-4-2-1-3-11(12)13)19-16(20)15-8-5-10(9-18)21-15/h1-8H,9,18H2,(H,19,20). The SMILES string of the molecule is NCc1ccc(C(=O)Nc2ccc(Br)c3ccccc23)o1. The van der Waals surface area contributed by atoms with Crippen LogP contribution in [0.25, 0.3) is 10.8 Å². The van der Waals surface area contributed by atoms with Crippen LogP contribution < -0.4 is 11.1 Å². The highest BCUT2D eigenvalue weighted by atomic mass is 79.9. The highest BCUT2D eigenvalue weighted by Crippen LogP contribution is 2.30. The smallest absolute Gasteiger partial charge is 0.291 e. The summed E-state index contributed by atoms with van der Waals surface area (Å²) in [6, 6.07) is 14.9. The second-order valence-corrected chi connectivity index (χ2v) is 5.42. The van der Waals surface area contributed by atoms with Crippen LogP contribution in [0.4, 0.5) is 5.69 Å². The molecule has 0 unspecified atom stereocenters. The molecule has 0 aliphatic rings. The number of carbonyl (C=O) groups excluding carboxylic acids is 1. The highest BCUT2D eigenvalue weighted by molar-refractivity contribution is 9.10. The second kappa shape index (κ2) is 5.71. The summed E-state index contributed by atoms with van der Waals surface area (Å²) in [6.45, 7) is 0.272. The monoisotopic (exact) mass is 344 g/mol. The van der Waals surface area contributed by atoms with Gasteiger partial charge in [0.25, 0.3) is 5.91 Å². The van der Waals surface area contributed by atoms with Crippen molar-refractivity contribution >= 4 is 38.3 Å². The predicted molar refractivity (Wildman–Crippen MR) is 86.2 cm³/mol. The largest absolute Gasteiger partial charge is 0.455 e. The third-order valence-electron chi connectivity index (χ3n) is 3.21. The lowest BCUT2D eigenvalue weighted by atomic mass is 10.1. The first-order chi connectivity index (χ1) is 10.2. The van der Waals surface area contributed by atoms with Gasteiger partial charge in [-0.15, -0.1) is 0 Å². The molecule has 1 aromatic heterocycles. The number of halogens is 1. The molecule has 3 aromatic rings. The van der Waals surface area contributed by atoms with E-state index in [4.69, 9.17) is 10.2 Å². The van der Waals surface area contributed by atoms with Crippen LogP contribution in [0.15, 0.2) is 57.4 Å². The summed E-state index contributed by atoms with van der Waals surface area (Å²) in [5.41, 5.74) is 6.22. The van der Waals surface area contributed by atoms with Crippen LogP contribution in [0, 0.1) is 0 Å². The van der Waals surface area contributed by atoms with E-state index in [1.165, 1.54) is 0 Å². The molecule has 0 saturated carbocycles. The third-order valence-corrected chi connectivity index (χ3v) is 3.90. The van der Waals surface area contributed by atoms with Crippen molar-refractivity contribution in [2.24, 2.45) is 5.73 Å². The minimum atomic E-state index is -0.290. The van der Waals surface area contributed by atoms with Gasteiger partial charge in [-0.25, -0.2) is 0 Å². The van der Waals surface area contributed by atoms with Gasteiger partial charge >= 0.3 is 0 Å². The minimum absolute atomic E-state index is 0.252. The average molecular weight is 345 g/mol. The van der Waals surface area contributed by atoms with Gasteiger partial charge in [-0.2, -0.15) is 0 Å². The molecule has 3 rings (SSSR count). The Kier molecular flexibility index (Phi) is 3.77. The topological polar surface area (TPSA) is 68.3 Å². The normalized spacial score (nSPS) is 10.8. The molecular weight excluding hydrogens is 332 g/mol. The summed E-state index contributed by atoms with van der Waals surface area (Å²) in [7, 11) is 0. The third kappa shape index (κ3) is 2.70. The number of hydrogen-bond acceptors (Lipinski definition) is 3. The number of nitrogens with one attached hydrogen (secondary N) is 1. The lowest BCUT2D eigenvalue weighted by molar-refractivity contribution is 0.0995. The molecule has 4 nitrogen and oxygen atoms in total. The van der Waals surface area contributed by atoms with E-state index >= 15 is 0 Å². The molecular formula is C16H13BrN2O2. The summed E-state index contributed by atoms with van der Waals surface area (Å²) in [6.07, 6.45) is 0. The Morgan fingerprint density at radius 2 is 1.86 bits per heavy atom. The van der Waals surface area contributed by atoms with Gasteiger partial charge in [0.05, 0.1) is 6.54 Å². The van der Waals surface area contributed by atoms with Gasteiger partial charge in [-0.1, -0.05) is 40.2 Å². The Balaban J connectivity index is 1.95. The molecule has 0 atom stereocenters. The van der Waals surface area contributed by atoms with Crippen LogP contribution in [-0.4, -0.2) is 5.91 Å². The zero-order valence-corrected chi connectivity index (χ0v) is 12.7. The molecule has 0 fully saturated rings. The van der Waals surface area contributed by atoms with Crippen LogP contribution in [0.5, 0.6) is 0 Å². The summed E-state index contributed by atoms with van der Waals surface area (Å²) in [5.74, 6) is 0.547. The van der Waals surface area contributed by atoms with E-state index in [1.807, 2.05) is 36.4 Å². The minimum Gasteiger partial charge on any atom is -0.455 e. The number of rotatable bonds is 3. The van der Waals surface area contributed by atoms with E-state index in [0.717, 1.165) is 20.9 Å². The van der Waals surface area contributed by atoms with E-state index in [1.54, 1.807) is 12.1 Å². The highest BCUT2D eigenvalue weighted by Gasteiger charge is 2.13. The van der Waals surface area contributed by atoms with E-state index in [0.29, 0.717) is 5.76 Å². The number of benzene rings is 2. The number of hydrogen-bond donors (Lipinski definition) is 2. The molecule has 1 amide bonds. The molecule has 21 heavy (non-hydrogen) atoms. The summed E-state index contributed by atoms with van der Waals surface area (Å²) in [5, 5.41) is 4.87. The van der Waals surface area contributed by atoms with Crippen molar-refractivity contribution in [1.82, 2.24) is 0 Å². The van der Waals surface area contributed by atoms with Crippen molar-refractivity contribution in [3.63, 3.8) is 0 Å². The summed E-state index contributed by atoms with van der Waals surface area (Å²) in [4.78, 5) is 12.2. The molecule has 0 aliphatic carbocycles. The Morgan fingerprint density at radius 3 is 2.57 bits per heavy atom. The number of anilines is 1. The predicted octanol–water partition coefficient (Wildman–Crippen LogP) is 3.91. The summed E-state index contributed by atoms with van der Waals surface area (Å²) < 4.78 is 6.34. The van der Waals surface area contributed by atoms with Gasteiger partial charge in [0.1, 0.15) is 5.76 Å². The molecule has 1 heterocycles. The molecule has 0 saturated heterocycles. The zero-order chi connectivity index (χ0) is 14.8. The van der Waals surface area contributed by atoms with Crippen LogP contribution in [0.1, 0.15) is 16.3 Å². The molecule has 2 aromatic carbocycles. The van der Waals surface area contributed by atoms with Crippen molar-refractivity contribution in [3.8, 4) is 0 Å². The van der Waals surface area contributed by atoms with Crippen LogP contribution in [-0.2, 0) is 6.54 Å². The van der Waals surface area contributed by atoms with Gasteiger partial charge in [0.15, 0.2) is 5.76 Å². The van der Waals surface area contributed by atoms with Crippen molar-refractivity contribution in [2.75, 3.05) is 5.32 Å². The molecule has 106 valence electrons. The maximum Gasteiger partial charge on any atom is 0.291 e. The second-order valence-electron chi connectivity index (χ2n) is 4.56. The molecule has 5 heteroatoms. The Morgan fingerprint density at radius 1 is 1.10 bits per heavy atom. The van der Waals surface area contributed by atoms with Crippen LogP contribution in [0.2, 0.25) is 0 Å². The van der Waals surface area contributed by atoms with E-state index in [2.05, 4.69) is 21.2 Å². The zero-order valence-electron chi connectivity index (χ0n) is 11.1. The number of furan rings is 1. The van der Waals surface area contributed by atoms with Crippen molar-refractivity contribution in [1.29, 1.82) is 0 Å². The number of fused-ring (bicyclic) bond motifs is 1. The molecule has 0 spiro atoms. The van der Waals surface area contributed by atoms with Gasteiger partial charge in [0, 0.05) is 15.5 Å². The average Bonchev–Trinajstić information content (AvgIpc) is 2.99. The first-order valence-electron chi connectivity index (χ1n) is 6.46. The fourth-order valence-electron chi connectivity index (χ4n) is 2.16. The molecule has 0 bridgehead atoms. The van der Waals surface area contributed by atoms with E-state index in [9.17, 15) is 4.79 Å². The van der Waals surface area contributed by atoms with Gasteiger partial charge < -0.3 is 15.5 Å². The Labute approximate surface area is 130 Å². The fourth-order valence-corrected chi connectivity index (χ4v) is 2.64. The van der Waals surface area contributed by atoms with Crippen molar-refractivity contribution in [3.05, 3.63) is 64.5 Å². The first-order valence-corrected chi connectivity index (χ1v) is 7.25. The van der Waals surface area contributed by atoms with E-state index in [-0.39, 0.29) is 18.2 Å². The number of amides is 1. The quantitative estimate of drug-likeness (QED) is 0.756. The molecule has 3 N–H and O–H groups in total.